The molecular weight excluding hydrogens is 216 g/mol. The van der Waals surface area contributed by atoms with Gasteiger partial charge in [0.25, 0.3) is 0 Å². The fraction of sp³-hybridized carbons (Fsp3) is 0.786. The van der Waals surface area contributed by atoms with Crippen molar-refractivity contribution in [2.24, 2.45) is 5.92 Å². The molecule has 100 valence electrons. The summed E-state index contributed by atoms with van der Waals surface area (Å²) >= 11 is 0. The van der Waals surface area contributed by atoms with E-state index in [2.05, 4.69) is 6.08 Å². The summed E-state index contributed by atoms with van der Waals surface area (Å²) in [5, 5.41) is 9.86. The monoisotopic (exact) mass is 242 g/mol. The highest BCUT2D eigenvalue weighted by atomic mass is 16.6. The van der Waals surface area contributed by atoms with Gasteiger partial charge in [-0.3, -0.25) is 4.79 Å². The Balaban J connectivity index is 3.98. The highest BCUT2D eigenvalue weighted by Crippen LogP contribution is 2.16. The van der Waals surface area contributed by atoms with Gasteiger partial charge >= 0.3 is 5.97 Å². The van der Waals surface area contributed by atoms with Gasteiger partial charge in [0.2, 0.25) is 0 Å². The third-order valence-corrected chi connectivity index (χ3v) is 2.48. The van der Waals surface area contributed by atoms with Gasteiger partial charge in [0.05, 0.1) is 12.5 Å². The maximum atomic E-state index is 11.5. The second-order valence-electron chi connectivity index (χ2n) is 5.48. The van der Waals surface area contributed by atoms with Crippen molar-refractivity contribution in [1.29, 1.82) is 0 Å². The summed E-state index contributed by atoms with van der Waals surface area (Å²) in [5.41, 5.74) is -0.481. The standard InChI is InChI=1S/C14H26O3/c1-6-7-8-9-11(2)12(15)10-13(16)17-14(3,4)5/h6-7,11-12,15H,8-10H2,1-5H3. The number of esters is 1. The minimum atomic E-state index is -0.616. The Labute approximate surface area is 105 Å². The molecule has 3 heteroatoms. The van der Waals surface area contributed by atoms with E-state index < -0.39 is 11.7 Å². The molecule has 0 aromatic carbocycles. The molecule has 0 saturated heterocycles. The van der Waals surface area contributed by atoms with Crippen LogP contribution in [0.1, 0.15) is 53.9 Å². The van der Waals surface area contributed by atoms with Crippen LogP contribution in [0.25, 0.3) is 0 Å². The zero-order chi connectivity index (χ0) is 13.5. The smallest absolute Gasteiger partial charge is 0.308 e. The summed E-state index contributed by atoms with van der Waals surface area (Å²) in [7, 11) is 0. The van der Waals surface area contributed by atoms with Gasteiger partial charge in [-0.15, -0.1) is 0 Å². The van der Waals surface area contributed by atoms with Crippen molar-refractivity contribution in [2.45, 2.75) is 65.6 Å². The number of allylic oxidation sites excluding steroid dienone is 2. The van der Waals surface area contributed by atoms with Gasteiger partial charge in [-0.05, 0) is 46.5 Å². The molecule has 0 aromatic heterocycles. The lowest BCUT2D eigenvalue weighted by Gasteiger charge is -2.22. The van der Waals surface area contributed by atoms with Crippen molar-refractivity contribution in [3.05, 3.63) is 12.2 Å². The normalized spacial score (nSPS) is 15.9. The predicted octanol–water partition coefficient (Wildman–Crippen LogP) is 3.07. The van der Waals surface area contributed by atoms with E-state index in [0.29, 0.717) is 0 Å². The van der Waals surface area contributed by atoms with Crippen LogP contribution < -0.4 is 0 Å². The molecule has 0 heterocycles. The largest absolute Gasteiger partial charge is 0.460 e. The molecule has 0 fully saturated rings. The summed E-state index contributed by atoms with van der Waals surface area (Å²) in [5.74, 6) is -0.221. The molecule has 0 spiro atoms. The molecule has 0 aromatic rings. The Morgan fingerprint density at radius 2 is 2.00 bits per heavy atom. The van der Waals surface area contributed by atoms with Crippen molar-refractivity contribution < 1.29 is 14.6 Å². The molecule has 0 amide bonds. The molecular formula is C14H26O3. The molecule has 0 aliphatic carbocycles. The SMILES string of the molecule is CC=CCCC(C)C(O)CC(=O)OC(C)(C)C. The average Bonchev–Trinajstić information content (AvgIpc) is 2.14. The molecule has 2 unspecified atom stereocenters. The van der Waals surface area contributed by atoms with Crippen molar-refractivity contribution in [1.82, 2.24) is 0 Å². The third kappa shape index (κ3) is 8.93. The van der Waals surface area contributed by atoms with E-state index in [1.165, 1.54) is 0 Å². The van der Waals surface area contributed by atoms with Gasteiger partial charge in [-0.1, -0.05) is 19.1 Å². The van der Waals surface area contributed by atoms with Crippen LogP contribution in [0.3, 0.4) is 0 Å². The molecule has 0 aliphatic rings. The minimum absolute atomic E-state index is 0.0777. The lowest BCUT2D eigenvalue weighted by Crippen LogP contribution is -2.28. The van der Waals surface area contributed by atoms with Crippen molar-refractivity contribution >= 4 is 5.97 Å². The number of hydrogen-bond acceptors (Lipinski definition) is 3. The Kier molecular flexibility index (Phi) is 7.12. The second kappa shape index (κ2) is 7.49. The lowest BCUT2D eigenvalue weighted by molar-refractivity contribution is -0.157. The van der Waals surface area contributed by atoms with Crippen LogP contribution in [-0.4, -0.2) is 22.8 Å². The number of carbonyl (C=O) groups excluding carboxylic acids is 1. The van der Waals surface area contributed by atoms with Crippen LogP contribution in [0.5, 0.6) is 0 Å². The Morgan fingerprint density at radius 1 is 1.41 bits per heavy atom. The molecule has 3 nitrogen and oxygen atoms in total. The molecule has 0 saturated carbocycles. The first-order valence-corrected chi connectivity index (χ1v) is 6.27. The van der Waals surface area contributed by atoms with Crippen LogP contribution in [0, 0.1) is 5.92 Å². The van der Waals surface area contributed by atoms with Gasteiger partial charge < -0.3 is 9.84 Å². The first-order valence-electron chi connectivity index (χ1n) is 6.27. The summed E-state index contributed by atoms with van der Waals surface area (Å²) in [4.78, 5) is 11.5. The van der Waals surface area contributed by atoms with Crippen molar-refractivity contribution in [2.75, 3.05) is 0 Å². The molecule has 0 bridgehead atoms. The highest BCUT2D eigenvalue weighted by Gasteiger charge is 2.22. The Morgan fingerprint density at radius 3 is 2.47 bits per heavy atom. The van der Waals surface area contributed by atoms with Crippen LogP contribution in [0.2, 0.25) is 0 Å². The van der Waals surface area contributed by atoms with E-state index in [9.17, 15) is 9.90 Å². The average molecular weight is 242 g/mol. The summed E-state index contributed by atoms with van der Waals surface area (Å²) < 4.78 is 5.17. The summed E-state index contributed by atoms with van der Waals surface area (Å²) in [6.07, 6.45) is 5.34. The van der Waals surface area contributed by atoms with E-state index in [1.807, 2.05) is 40.7 Å². The van der Waals surface area contributed by atoms with Gasteiger partial charge in [0.1, 0.15) is 5.60 Å². The molecule has 1 N–H and O–H groups in total. The fourth-order valence-electron chi connectivity index (χ4n) is 1.47. The van der Waals surface area contributed by atoms with E-state index in [0.717, 1.165) is 12.8 Å². The van der Waals surface area contributed by atoms with Crippen LogP contribution in [0.15, 0.2) is 12.2 Å². The van der Waals surface area contributed by atoms with Gasteiger partial charge in [-0.25, -0.2) is 0 Å². The van der Waals surface area contributed by atoms with E-state index in [1.54, 1.807) is 0 Å². The Bertz CT molecular complexity index is 251. The zero-order valence-electron chi connectivity index (χ0n) is 11.7. The van der Waals surface area contributed by atoms with Gasteiger partial charge in [0.15, 0.2) is 0 Å². The number of aliphatic hydroxyl groups is 1. The number of rotatable bonds is 6. The second-order valence-corrected chi connectivity index (χ2v) is 5.48. The van der Waals surface area contributed by atoms with Crippen LogP contribution in [0.4, 0.5) is 0 Å². The first-order chi connectivity index (χ1) is 7.76. The quantitative estimate of drug-likeness (QED) is 0.575. The van der Waals surface area contributed by atoms with Crippen LogP contribution in [-0.2, 0) is 9.53 Å². The lowest BCUT2D eigenvalue weighted by atomic mass is 9.96. The summed E-state index contributed by atoms with van der Waals surface area (Å²) in [6.45, 7) is 9.41. The number of hydrogen-bond donors (Lipinski definition) is 1. The van der Waals surface area contributed by atoms with Crippen molar-refractivity contribution in [3.8, 4) is 0 Å². The molecule has 0 rings (SSSR count). The third-order valence-electron chi connectivity index (χ3n) is 2.48. The highest BCUT2D eigenvalue weighted by molar-refractivity contribution is 5.70. The molecule has 17 heavy (non-hydrogen) atoms. The van der Waals surface area contributed by atoms with Gasteiger partial charge in [0, 0.05) is 0 Å². The minimum Gasteiger partial charge on any atom is -0.460 e. The van der Waals surface area contributed by atoms with Crippen LogP contribution >= 0.6 is 0 Å². The first kappa shape index (κ1) is 16.2. The molecule has 0 aliphatic heterocycles. The van der Waals surface area contributed by atoms with E-state index >= 15 is 0 Å². The number of ether oxygens (including phenoxy) is 1. The summed E-state index contributed by atoms with van der Waals surface area (Å²) in [6, 6.07) is 0. The topological polar surface area (TPSA) is 46.5 Å². The maximum Gasteiger partial charge on any atom is 0.308 e. The fourth-order valence-corrected chi connectivity index (χ4v) is 1.47. The zero-order valence-corrected chi connectivity index (χ0v) is 11.7. The predicted molar refractivity (Wildman–Crippen MR) is 69.7 cm³/mol. The molecule has 2 atom stereocenters. The van der Waals surface area contributed by atoms with E-state index in [-0.39, 0.29) is 18.3 Å². The van der Waals surface area contributed by atoms with Crippen molar-refractivity contribution in [3.63, 3.8) is 0 Å². The molecule has 0 radical (unpaired) electrons. The van der Waals surface area contributed by atoms with Gasteiger partial charge in [-0.2, -0.15) is 0 Å². The Hall–Kier alpha value is -0.830. The van der Waals surface area contributed by atoms with E-state index in [4.69, 9.17) is 4.74 Å². The number of aliphatic hydroxyl groups excluding tert-OH is 1. The number of carbonyl (C=O) groups is 1. The maximum absolute atomic E-state index is 11.5.